The topological polar surface area (TPSA) is 119 Å². The lowest BCUT2D eigenvalue weighted by atomic mass is 9.80. The SMILES string of the molecule is CC1CCC(Nc2c(C(N)=O)cnn3cc(NS(=O)(=O)c4ccc(Cl)cc4)cc23)C1(C)C. The quantitative estimate of drug-likeness (QED) is 0.495. The van der Waals surface area contributed by atoms with Crippen LogP contribution in [0.4, 0.5) is 11.4 Å². The van der Waals surface area contributed by atoms with Crippen LogP contribution >= 0.6 is 11.6 Å². The van der Waals surface area contributed by atoms with E-state index in [4.69, 9.17) is 17.3 Å². The molecule has 1 fully saturated rings. The molecule has 0 aliphatic heterocycles. The second-order valence-electron chi connectivity index (χ2n) is 8.91. The fraction of sp³-hybridized carbons (Fsp3) is 0.364. The Kier molecular flexibility index (Phi) is 5.58. The van der Waals surface area contributed by atoms with Gasteiger partial charge in [-0.3, -0.25) is 9.52 Å². The highest BCUT2D eigenvalue weighted by Crippen LogP contribution is 2.44. The fourth-order valence-corrected chi connectivity index (χ4v) is 5.38. The number of aromatic nitrogens is 2. The maximum atomic E-state index is 12.8. The first-order chi connectivity index (χ1) is 15.0. The van der Waals surface area contributed by atoms with E-state index in [1.54, 1.807) is 12.3 Å². The Balaban J connectivity index is 1.73. The highest BCUT2D eigenvalue weighted by molar-refractivity contribution is 7.92. The summed E-state index contributed by atoms with van der Waals surface area (Å²) in [5, 5.41) is 8.21. The van der Waals surface area contributed by atoms with Crippen molar-refractivity contribution in [2.45, 2.75) is 44.6 Å². The molecule has 4 N–H and O–H groups in total. The molecule has 0 bridgehead atoms. The highest BCUT2D eigenvalue weighted by atomic mass is 35.5. The van der Waals surface area contributed by atoms with Gasteiger partial charge in [-0.05, 0) is 54.5 Å². The van der Waals surface area contributed by atoms with Crippen LogP contribution in [0, 0.1) is 11.3 Å². The lowest BCUT2D eigenvalue weighted by Gasteiger charge is -2.33. The third-order valence-electron chi connectivity index (χ3n) is 6.65. The van der Waals surface area contributed by atoms with Crippen LogP contribution in [0.3, 0.4) is 0 Å². The number of nitrogens with one attached hydrogen (secondary N) is 2. The van der Waals surface area contributed by atoms with Crippen LogP contribution in [0.5, 0.6) is 0 Å². The van der Waals surface area contributed by atoms with Gasteiger partial charge in [-0.1, -0.05) is 32.4 Å². The third-order valence-corrected chi connectivity index (χ3v) is 8.30. The minimum atomic E-state index is -3.83. The second-order valence-corrected chi connectivity index (χ2v) is 11.0. The Morgan fingerprint density at radius 2 is 1.94 bits per heavy atom. The number of benzene rings is 1. The number of hydrogen-bond donors (Lipinski definition) is 3. The van der Waals surface area contributed by atoms with E-state index >= 15 is 0 Å². The van der Waals surface area contributed by atoms with Crippen molar-refractivity contribution in [1.29, 1.82) is 0 Å². The number of nitrogens with zero attached hydrogens (tertiary/aromatic N) is 2. The second kappa shape index (κ2) is 7.97. The smallest absolute Gasteiger partial charge is 0.261 e. The Morgan fingerprint density at radius 1 is 1.25 bits per heavy atom. The number of fused-ring (bicyclic) bond motifs is 1. The Labute approximate surface area is 192 Å². The van der Waals surface area contributed by atoms with Crippen molar-refractivity contribution in [3.8, 4) is 0 Å². The number of halogens is 1. The number of anilines is 2. The van der Waals surface area contributed by atoms with Crippen molar-refractivity contribution in [2.24, 2.45) is 17.1 Å². The average molecular weight is 476 g/mol. The molecule has 0 spiro atoms. The molecule has 1 aromatic carbocycles. The van der Waals surface area contributed by atoms with Gasteiger partial charge in [0.25, 0.3) is 15.9 Å². The number of carbonyl (C=O) groups excluding carboxylic acids is 1. The molecule has 1 aliphatic rings. The zero-order valence-corrected chi connectivity index (χ0v) is 19.7. The fourth-order valence-electron chi connectivity index (χ4n) is 4.22. The van der Waals surface area contributed by atoms with Crippen molar-refractivity contribution in [1.82, 2.24) is 9.61 Å². The maximum absolute atomic E-state index is 12.8. The standard InChI is InChI=1S/C22H26ClN5O3S/c1-13-4-9-19(22(13,2)3)26-20-17(21(24)29)11-25-28-12-15(10-18(20)28)27-32(30,31)16-7-5-14(23)6-8-16/h5-8,10-13,19,26-27H,4,9H2,1-3H3,(H2,24,29). The molecular weight excluding hydrogens is 450 g/mol. The van der Waals surface area contributed by atoms with Gasteiger partial charge in [0.1, 0.15) is 0 Å². The summed E-state index contributed by atoms with van der Waals surface area (Å²) in [7, 11) is -3.83. The van der Waals surface area contributed by atoms with E-state index in [1.165, 1.54) is 35.0 Å². The molecular formula is C22H26ClN5O3S. The van der Waals surface area contributed by atoms with E-state index in [9.17, 15) is 13.2 Å². The summed E-state index contributed by atoms with van der Waals surface area (Å²) in [6, 6.07) is 7.66. The lowest BCUT2D eigenvalue weighted by molar-refractivity contribution is 0.100. The zero-order valence-electron chi connectivity index (χ0n) is 18.1. The predicted octanol–water partition coefficient (Wildman–Crippen LogP) is 4.12. The van der Waals surface area contributed by atoms with E-state index in [2.05, 4.69) is 35.9 Å². The van der Waals surface area contributed by atoms with Crippen LogP contribution in [0.2, 0.25) is 5.02 Å². The predicted molar refractivity (Wildman–Crippen MR) is 126 cm³/mol. The number of rotatable bonds is 6. The van der Waals surface area contributed by atoms with E-state index < -0.39 is 15.9 Å². The van der Waals surface area contributed by atoms with Crippen molar-refractivity contribution in [3.63, 3.8) is 0 Å². The first-order valence-electron chi connectivity index (χ1n) is 10.3. The summed E-state index contributed by atoms with van der Waals surface area (Å²) < 4.78 is 29.6. The first kappa shape index (κ1) is 22.4. The van der Waals surface area contributed by atoms with Gasteiger partial charge in [-0.2, -0.15) is 5.10 Å². The molecule has 1 saturated carbocycles. The third kappa shape index (κ3) is 4.02. The van der Waals surface area contributed by atoms with Crippen LogP contribution < -0.4 is 15.8 Å². The van der Waals surface area contributed by atoms with Gasteiger partial charge in [-0.25, -0.2) is 12.9 Å². The summed E-state index contributed by atoms with van der Waals surface area (Å²) in [6.07, 6.45) is 4.99. The number of carbonyl (C=O) groups is 1. The van der Waals surface area contributed by atoms with E-state index in [0.717, 1.165) is 12.8 Å². The molecule has 170 valence electrons. The number of hydrogen-bond acceptors (Lipinski definition) is 5. The van der Waals surface area contributed by atoms with Gasteiger partial charge in [0.15, 0.2) is 0 Å². The number of primary amides is 1. The largest absolute Gasteiger partial charge is 0.379 e. The molecule has 1 amide bonds. The van der Waals surface area contributed by atoms with Crippen LogP contribution in [0.1, 0.15) is 44.0 Å². The van der Waals surface area contributed by atoms with Gasteiger partial charge in [-0.15, -0.1) is 0 Å². The summed E-state index contributed by atoms with van der Waals surface area (Å²) in [6.45, 7) is 6.63. The van der Waals surface area contributed by atoms with Crippen molar-refractivity contribution >= 4 is 44.4 Å². The Morgan fingerprint density at radius 3 is 2.53 bits per heavy atom. The molecule has 0 saturated heterocycles. The van der Waals surface area contributed by atoms with Crippen LogP contribution in [-0.4, -0.2) is 30.0 Å². The Hall–Kier alpha value is -2.78. The number of sulfonamides is 1. The molecule has 4 rings (SSSR count). The summed E-state index contributed by atoms with van der Waals surface area (Å²) >= 11 is 5.86. The van der Waals surface area contributed by atoms with Crippen LogP contribution in [0.15, 0.2) is 47.6 Å². The van der Waals surface area contributed by atoms with Crippen molar-refractivity contribution in [3.05, 3.63) is 53.3 Å². The molecule has 0 radical (unpaired) electrons. The summed E-state index contributed by atoms with van der Waals surface area (Å²) in [4.78, 5) is 12.2. The van der Waals surface area contributed by atoms with Gasteiger partial charge >= 0.3 is 0 Å². The summed E-state index contributed by atoms with van der Waals surface area (Å²) in [5.74, 6) is -0.0840. The Bertz CT molecular complexity index is 1280. The molecule has 2 aromatic heterocycles. The minimum Gasteiger partial charge on any atom is -0.379 e. The number of nitrogens with two attached hydrogens (primary N) is 1. The molecule has 32 heavy (non-hydrogen) atoms. The molecule has 10 heteroatoms. The lowest BCUT2D eigenvalue weighted by Crippen LogP contribution is -2.35. The molecule has 1 aliphatic carbocycles. The van der Waals surface area contributed by atoms with Gasteiger partial charge in [0, 0.05) is 11.1 Å². The van der Waals surface area contributed by atoms with Gasteiger partial charge in [0.05, 0.1) is 39.7 Å². The van der Waals surface area contributed by atoms with Crippen LogP contribution in [-0.2, 0) is 10.0 Å². The average Bonchev–Trinajstić information content (AvgIpc) is 3.22. The van der Waals surface area contributed by atoms with E-state index in [-0.39, 0.29) is 21.9 Å². The van der Waals surface area contributed by atoms with Crippen LogP contribution in [0.25, 0.3) is 5.52 Å². The van der Waals surface area contributed by atoms with Crippen molar-refractivity contribution in [2.75, 3.05) is 10.0 Å². The molecule has 8 nitrogen and oxygen atoms in total. The van der Waals surface area contributed by atoms with Crippen molar-refractivity contribution < 1.29 is 13.2 Å². The van der Waals surface area contributed by atoms with E-state index in [0.29, 0.717) is 27.8 Å². The highest BCUT2D eigenvalue weighted by Gasteiger charge is 2.41. The maximum Gasteiger partial charge on any atom is 0.261 e. The van der Waals surface area contributed by atoms with Gasteiger partial charge in [0.2, 0.25) is 0 Å². The normalized spacial score (nSPS) is 20.4. The van der Waals surface area contributed by atoms with E-state index in [1.807, 2.05) is 0 Å². The zero-order chi connectivity index (χ0) is 23.3. The molecule has 3 aromatic rings. The van der Waals surface area contributed by atoms with Gasteiger partial charge < -0.3 is 11.1 Å². The molecule has 2 unspecified atom stereocenters. The summed E-state index contributed by atoms with van der Waals surface area (Å²) in [5.41, 5.74) is 7.33. The monoisotopic (exact) mass is 475 g/mol. The number of amides is 1. The molecule has 2 heterocycles. The minimum absolute atomic E-state index is 0.0147. The first-order valence-corrected chi connectivity index (χ1v) is 12.2. The molecule has 2 atom stereocenters.